The number of aryl methyl sites for hydroxylation is 2. The SMILES string of the molecule is Cc1c(C(=O)Nc2cc(F)c(N(C)C)c(F)c2)sc2ncn(C)c(=O)c12. The Bertz CT molecular complexity index is 1070. The maximum absolute atomic E-state index is 14.1. The molecule has 0 saturated carbocycles. The minimum absolute atomic E-state index is 0.00619. The van der Waals surface area contributed by atoms with Crippen molar-refractivity contribution < 1.29 is 13.6 Å². The molecule has 0 aliphatic heterocycles. The van der Waals surface area contributed by atoms with Crippen LogP contribution in [0, 0.1) is 18.6 Å². The third kappa shape index (κ3) is 2.94. The van der Waals surface area contributed by atoms with Gasteiger partial charge in [0.25, 0.3) is 11.5 Å². The average molecular weight is 378 g/mol. The Morgan fingerprint density at radius 3 is 2.46 bits per heavy atom. The van der Waals surface area contributed by atoms with Crippen LogP contribution in [0.2, 0.25) is 0 Å². The largest absolute Gasteiger partial charge is 0.373 e. The zero-order valence-corrected chi connectivity index (χ0v) is 15.4. The molecule has 26 heavy (non-hydrogen) atoms. The van der Waals surface area contributed by atoms with Gasteiger partial charge in [-0.3, -0.25) is 9.59 Å². The van der Waals surface area contributed by atoms with E-state index in [4.69, 9.17) is 0 Å². The van der Waals surface area contributed by atoms with E-state index in [2.05, 4.69) is 10.3 Å². The highest BCUT2D eigenvalue weighted by molar-refractivity contribution is 7.20. The number of thiophene rings is 1. The third-order valence-corrected chi connectivity index (χ3v) is 5.14. The molecule has 0 radical (unpaired) electrons. The Morgan fingerprint density at radius 1 is 1.27 bits per heavy atom. The first-order valence-corrected chi connectivity index (χ1v) is 8.44. The topological polar surface area (TPSA) is 67.2 Å². The minimum atomic E-state index is -0.783. The number of anilines is 2. The molecule has 0 fully saturated rings. The summed E-state index contributed by atoms with van der Waals surface area (Å²) in [5, 5.41) is 2.84. The summed E-state index contributed by atoms with van der Waals surface area (Å²) in [6, 6.07) is 2.10. The molecule has 9 heteroatoms. The first-order chi connectivity index (χ1) is 12.2. The van der Waals surface area contributed by atoms with Gasteiger partial charge in [0.2, 0.25) is 0 Å². The van der Waals surface area contributed by atoms with Crippen molar-refractivity contribution in [1.29, 1.82) is 0 Å². The predicted octanol–water partition coefficient (Wildman–Crippen LogP) is 2.90. The highest BCUT2D eigenvalue weighted by Crippen LogP contribution is 2.29. The molecule has 0 aliphatic carbocycles. The fraction of sp³-hybridized carbons (Fsp3) is 0.235. The number of rotatable bonds is 3. The summed E-state index contributed by atoms with van der Waals surface area (Å²) < 4.78 is 29.5. The molecular formula is C17H16F2N4O2S. The normalized spacial score (nSPS) is 11.0. The van der Waals surface area contributed by atoms with Crippen LogP contribution in [-0.4, -0.2) is 29.6 Å². The second-order valence-corrected chi connectivity index (χ2v) is 7.03. The minimum Gasteiger partial charge on any atom is -0.373 e. The number of benzene rings is 1. The predicted molar refractivity (Wildman–Crippen MR) is 98.2 cm³/mol. The first kappa shape index (κ1) is 18.0. The van der Waals surface area contributed by atoms with Crippen LogP contribution >= 0.6 is 11.3 Å². The first-order valence-electron chi connectivity index (χ1n) is 7.63. The summed E-state index contributed by atoms with van der Waals surface area (Å²) in [7, 11) is 4.62. The summed E-state index contributed by atoms with van der Waals surface area (Å²) in [6.07, 6.45) is 1.38. The summed E-state index contributed by atoms with van der Waals surface area (Å²) >= 11 is 1.06. The van der Waals surface area contributed by atoms with Crippen LogP contribution in [-0.2, 0) is 7.05 Å². The van der Waals surface area contributed by atoms with Gasteiger partial charge in [-0.15, -0.1) is 11.3 Å². The van der Waals surface area contributed by atoms with Gasteiger partial charge in [0.05, 0.1) is 16.6 Å². The second-order valence-electron chi connectivity index (χ2n) is 6.03. The lowest BCUT2D eigenvalue weighted by Gasteiger charge is -2.15. The number of hydrogen-bond acceptors (Lipinski definition) is 5. The van der Waals surface area contributed by atoms with E-state index in [1.807, 2.05) is 0 Å². The Kier molecular flexibility index (Phi) is 4.49. The molecule has 0 unspecified atom stereocenters. The van der Waals surface area contributed by atoms with Crippen molar-refractivity contribution in [3.63, 3.8) is 0 Å². The van der Waals surface area contributed by atoms with Crippen LogP contribution in [0.1, 0.15) is 15.2 Å². The van der Waals surface area contributed by atoms with Crippen molar-refractivity contribution >= 4 is 38.8 Å². The maximum Gasteiger partial charge on any atom is 0.266 e. The van der Waals surface area contributed by atoms with Gasteiger partial charge in [0.1, 0.15) is 10.5 Å². The van der Waals surface area contributed by atoms with Crippen molar-refractivity contribution in [1.82, 2.24) is 9.55 Å². The zero-order valence-electron chi connectivity index (χ0n) is 14.6. The van der Waals surface area contributed by atoms with E-state index in [0.29, 0.717) is 15.8 Å². The Labute approximate surface area is 151 Å². The molecule has 1 aromatic carbocycles. The van der Waals surface area contributed by atoms with E-state index in [-0.39, 0.29) is 21.8 Å². The number of carbonyl (C=O) groups excluding carboxylic acids is 1. The smallest absolute Gasteiger partial charge is 0.266 e. The molecule has 0 aliphatic rings. The highest BCUT2D eigenvalue weighted by atomic mass is 32.1. The van der Waals surface area contributed by atoms with Gasteiger partial charge < -0.3 is 14.8 Å². The number of hydrogen-bond donors (Lipinski definition) is 1. The van der Waals surface area contributed by atoms with Crippen LogP contribution < -0.4 is 15.8 Å². The number of aromatic nitrogens is 2. The van der Waals surface area contributed by atoms with Crippen LogP contribution in [0.3, 0.4) is 0 Å². The second kappa shape index (κ2) is 6.49. The Hall–Kier alpha value is -2.81. The van der Waals surface area contributed by atoms with Crippen LogP contribution in [0.5, 0.6) is 0 Å². The molecule has 3 rings (SSSR count). The quantitative estimate of drug-likeness (QED) is 0.761. The van der Waals surface area contributed by atoms with E-state index in [9.17, 15) is 18.4 Å². The molecular weight excluding hydrogens is 362 g/mol. The van der Waals surface area contributed by atoms with Crippen LogP contribution in [0.25, 0.3) is 10.2 Å². The van der Waals surface area contributed by atoms with Gasteiger partial charge in [-0.1, -0.05) is 0 Å². The lowest BCUT2D eigenvalue weighted by atomic mass is 10.2. The van der Waals surface area contributed by atoms with Crippen molar-refractivity contribution in [3.05, 3.63) is 50.9 Å². The fourth-order valence-corrected chi connectivity index (χ4v) is 3.71. The van der Waals surface area contributed by atoms with Crippen molar-refractivity contribution in [3.8, 4) is 0 Å². The lowest BCUT2D eigenvalue weighted by Crippen LogP contribution is -2.17. The summed E-state index contributed by atoms with van der Waals surface area (Å²) in [5.74, 6) is -2.12. The molecule has 0 spiro atoms. The maximum atomic E-state index is 14.1. The third-order valence-electron chi connectivity index (χ3n) is 3.94. The average Bonchev–Trinajstić information content (AvgIpc) is 2.87. The molecule has 2 heterocycles. The van der Waals surface area contributed by atoms with E-state index >= 15 is 0 Å². The van der Waals surface area contributed by atoms with Gasteiger partial charge in [-0.25, -0.2) is 13.8 Å². The number of amides is 1. The number of fused-ring (bicyclic) bond motifs is 1. The van der Waals surface area contributed by atoms with Crippen molar-refractivity contribution in [2.24, 2.45) is 7.05 Å². The van der Waals surface area contributed by atoms with Crippen molar-refractivity contribution in [2.45, 2.75) is 6.92 Å². The van der Waals surface area contributed by atoms with E-state index in [1.54, 1.807) is 14.0 Å². The van der Waals surface area contributed by atoms with E-state index in [0.717, 1.165) is 23.5 Å². The molecule has 1 N–H and O–H groups in total. The molecule has 0 saturated heterocycles. The van der Waals surface area contributed by atoms with Crippen LogP contribution in [0.15, 0.2) is 23.3 Å². The molecule has 0 atom stereocenters. The van der Waals surface area contributed by atoms with Crippen LogP contribution in [0.4, 0.5) is 20.2 Å². The number of nitrogens with zero attached hydrogens (tertiary/aromatic N) is 3. The number of halogens is 2. The standard InChI is InChI=1S/C17H16F2N4O2S/c1-8-12-16(20-7-23(4)17(12)25)26-14(8)15(24)21-9-5-10(18)13(22(2)3)11(19)6-9/h5-7H,1-4H3,(H,21,24). The van der Waals surface area contributed by atoms with Gasteiger partial charge in [-0.2, -0.15) is 0 Å². The van der Waals surface area contributed by atoms with Gasteiger partial charge >= 0.3 is 0 Å². The fourth-order valence-electron chi connectivity index (χ4n) is 2.68. The summed E-state index contributed by atoms with van der Waals surface area (Å²) in [6.45, 7) is 1.65. The molecule has 0 bridgehead atoms. The Morgan fingerprint density at radius 2 is 1.88 bits per heavy atom. The summed E-state index contributed by atoms with van der Waals surface area (Å²) in [5.41, 5.74) is 0.0411. The van der Waals surface area contributed by atoms with E-state index in [1.165, 1.54) is 29.9 Å². The van der Waals surface area contributed by atoms with E-state index < -0.39 is 17.5 Å². The molecule has 1 amide bonds. The molecule has 136 valence electrons. The van der Waals surface area contributed by atoms with Gasteiger partial charge in [0, 0.05) is 26.8 Å². The van der Waals surface area contributed by atoms with Crippen molar-refractivity contribution in [2.75, 3.05) is 24.3 Å². The zero-order chi connectivity index (χ0) is 19.2. The highest BCUT2D eigenvalue weighted by Gasteiger charge is 2.20. The number of nitrogens with one attached hydrogen (secondary N) is 1. The monoisotopic (exact) mass is 378 g/mol. The molecule has 2 aromatic heterocycles. The molecule has 3 aromatic rings. The Balaban J connectivity index is 1.99. The van der Waals surface area contributed by atoms with Gasteiger partial charge in [-0.05, 0) is 24.6 Å². The molecule has 6 nitrogen and oxygen atoms in total. The number of carbonyl (C=O) groups is 1. The lowest BCUT2D eigenvalue weighted by molar-refractivity contribution is 0.103. The summed E-state index contributed by atoms with van der Waals surface area (Å²) in [4.78, 5) is 31.0. The van der Waals surface area contributed by atoms with Gasteiger partial charge in [0.15, 0.2) is 11.6 Å².